The van der Waals surface area contributed by atoms with E-state index in [1.54, 1.807) is 7.11 Å². The highest BCUT2D eigenvalue weighted by molar-refractivity contribution is 5.93. The molecular formula is C15H17N5O2. The van der Waals surface area contributed by atoms with Crippen LogP contribution in [0.5, 0.6) is 5.75 Å². The van der Waals surface area contributed by atoms with Gasteiger partial charge in [0.25, 0.3) is 5.91 Å². The lowest BCUT2D eigenvalue weighted by Crippen LogP contribution is -2.30. The molecule has 4 N–H and O–H groups in total. The van der Waals surface area contributed by atoms with Crippen molar-refractivity contribution in [2.45, 2.75) is 18.4 Å². The first-order chi connectivity index (χ1) is 10.7. The lowest BCUT2D eigenvalue weighted by atomic mass is 10.1. The van der Waals surface area contributed by atoms with Gasteiger partial charge in [0.05, 0.1) is 18.2 Å². The minimum atomic E-state index is -0.414. The number of rotatable bonds is 5. The zero-order chi connectivity index (χ0) is 15.6. The molecule has 114 valence electrons. The Morgan fingerprint density at radius 2 is 1.86 bits per heavy atom. The number of hydrogen-bond acceptors (Lipinski definition) is 6. The highest BCUT2D eigenvalue weighted by atomic mass is 16.5. The predicted molar refractivity (Wildman–Crippen MR) is 81.2 cm³/mol. The van der Waals surface area contributed by atoms with Crippen LogP contribution in [0.1, 0.15) is 28.8 Å². The second-order valence-corrected chi connectivity index (χ2v) is 5.20. The molecule has 0 atom stereocenters. The Balaban J connectivity index is 1.75. The molecule has 1 amide bonds. The predicted octanol–water partition coefficient (Wildman–Crippen LogP) is 1.19. The van der Waals surface area contributed by atoms with Gasteiger partial charge >= 0.3 is 0 Å². The number of nitrogens with zero attached hydrogens (tertiary/aromatic N) is 2. The van der Waals surface area contributed by atoms with Crippen LogP contribution in [0.4, 0.5) is 5.95 Å². The molecule has 0 aliphatic heterocycles. The number of carbonyl (C=O) groups excluding carboxylic acids is 1. The molecule has 2 aromatic rings. The Hall–Kier alpha value is -2.67. The number of nitrogens with two attached hydrogens (primary N) is 1. The highest BCUT2D eigenvalue weighted by Gasteiger charge is 2.45. The minimum Gasteiger partial charge on any atom is -0.497 e. The van der Waals surface area contributed by atoms with Crippen molar-refractivity contribution in [3.8, 4) is 5.75 Å². The summed E-state index contributed by atoms with van der Waals surface area (Å²) in [4.78, 5) is 19.7. The molecule has 1 fully saturated rings. The number of carbonyl (C=O) groups is 1. The number of benzene rings is 1. The third-order valence-corrected chi connectivity index (χ3v) is 3.79. The smallest absolute Gasteiger partial charge is 0.268 e. The monoisotopic (exact) mass is 299 g/mol. The lowest BCUT2D eigenvalue weighted by Gasteiger charge is -2.18. The fraction of sp³-hybridized carbons (Fsp3) is 0.267. The SMILES string of the molecule is COc1ccc(C2(Nc3ncc(C(=O)NN)cn3)CC2)cc1. The highest BCUT2D eigenvalue weighted by Crippen LogP contribution is 2.48. The summed E-state index contributed by atoms with van der Waals surface area (Å²) in [5.41, 5.74) is 3.40. The van der Waals surface area contributed by atoms with Gasteiger partial charge in [0.15, 0.2) is 0 Å². The van der Waals surface area contributed by atoms with E-state index in [9.17, 15) is 4.79 Å². The normalized spacial score (nSPS) is 15.0. The van der Waals surface area contributed by atoms with Gasteiger partial charge in [-0.25, -0.2) is 15.8 Å². The molecule has 22 heavy (non-hydrogen) atoms. The zero-order valence-corrected chi connectivity index (χ0v) is 12.2. The summed E-state index contributed by atoms with van der Waals surface area (Å²) in [6, 6.07) is 7.95. The van der Waals surface area contributed by atoms with E-state index in [1.165, 1.54) is 18.0 Å². The van der Waals surface area contributed by atoms with Crippen molar-refractivity contribution in [2.75, 3.05) is 12.4 Å². The van der Waals surface area contributed by atoms with E-state index in [0.29, 0.717) is 11.5 Å². The summed E-state index contributed by atoms with van der Waals surface area (Å²) in [6.07, 6.45) is 4.91. The van der Waals surface area contributed by atoms with Crippen molar-refractivity contribution in [3.05, 3.63) is 47.8 Å². The van der Waals surface area contributed by atoms with Crippen LogP contribution < -0.4 is 21.3 Å². The minimum absolute atomic E-state index is 0.135. The van der Waals surface area contributed by atoms with Gasteiger partial charge in [0.1, 0.15) is 5.75 Å². The van der Waals surface area contributed by atoms with Crippen LogP contribution >= 0.6 is 0 Å². The molecule has 0 saturated heterocycles. The van der Waals surface area contributed by atoms with E-state index in [2.05, 4.69) is 15.3 Å². The third kappa shape index (κ3) is 2.71. The maximum absolute atomic E-state index is 11.4. The Labute approximate surface area is 127 Å². The average Bonchev–Trinajstić information content (AvgIpc) is 3.35. The molecule has 1 aliphatic carbocycles. The number of aromatic nitrogens is 2. The fourth-order valence-corrected chi connectivity index (χ4v) is 2.33. The molecule has 1 heterocycles. The van der Waals surface area contributed by atoms with Gasteiger partial charge in [-0.3, -0.25) is 10.2 Å². The standard InChI is InChI=1S/C15H17N5O2/c1-22-12-4-2-11(3-5-12)15(6-7-15)19-14-17-8-10(9-18-14)13(21)20-16/h2-5,8-9H,6-7,16H2,1H3,(H,20,21)(H,17,18,19). The number of methoxy groups -OCH3 is 1. The zero-order valence-electron chi connectivity index (χ0n) is 12.2. The van der Waals surface area contributed by atoms with Crippen LogP contribution in [0, 0.1) is 0 Å². The van der Waals surface area contributed by atoms with Gasteiger partial charge in [-0.2, -0.15) is 0 Å². The number of nitrogens with one attached hydrogen (secondary N) is 2. The van der Waals surface area contributed by atoms with Crippen molar-refractivity contribution < 1.29 is 9.53 Å². The van der Waals surface area contributed by atoms with Gasteiger partial charge in [-0.1, -0.05) is 12.1 Å². The summed E-state index contributed by atoms with van der Waals surface area (Å²) in [6.45, 7) is 0. The van der Waals surface area contributed by atoms with Gasteiger partial charge in [-0.05, 0) is 30.5 Å². The molecule has 1 aromatic carbocycles. The summed E-state index contributed by atoms with van der Waals surface area (Å²) in [7, 11) is 1.65. The Kier molecular flexibility index (Phi) is 3.64. The van der Waals surface area contributed by atoms with Crippen LogP contribution in [0.3, 0.4) is 0 Å². The summed E-state index contributed by atoms with van der Waals surface area (Å²) >= 11 is 0. The summed E-state index contributed by atoms with van der Waals surface area (Å²) in [5.74, 6) is 5.97. The maximum Gasteiger partial charge on any atom is 0.268 e. The molecule has 7 nitrogen and oxygen atoms in total. The van der Waals surface area contributed by atoms with E-state index in [4.69, 9.17) is 10.6 Å². The second kappa shape index (κ2) is 5.61. The molecule has 3 rings (SSSR count). The molecule has 7 heteroatoms. The molecule has 0 unspecified atom stereocenters. The first-order valence-electron chi connectivity index (χ1n) is 6.92. The summed E-state index contributed by atoms with van der Waals surface area (Å²) < 4.78 is 5.17. The molecule has 1 saturated carbocycles. The molecule has 1 aromatic heterocycles. The van der Waals surface area contributed by atoms with E-state index < -0.39 is 5.91 Å². The molecule has 0 bridgehead atoms. The quantitative estimate of drug-likeness (QED) is 0.435. The first-order valence-corrected chi connectivity index (χ1v) is 6.92. The van der Waals surface area contributed by atoms with Gasteiger partial charge in [0.2, 0.25) is 5.95 Å². The number of anilines is 1. The third-order valence-electron chi connectivity index (χ3n) is 3.79. The van der Waals surface area contributed by atoms with Crippen molar-refractivity contribution in [2.24, 2.45) is 5.84 Å². The van der Waals surface area contributed by atoms with Gasteiger partial charge in [0, 0.05) is 12.4 Å². The van der Waals surface area contributed by atoms with E-state index in [-0.39, 0.29) is 5.54 Å². The Bertz CT molecular complexity index is 665. The first kappa shape index (κ1) is 14.3. The van der Waals surface area contributed by atoms with Crippen LogP contribution in [0.2, 0.25) is 0 Å². The molecule has 0 radical (unpaired) electrons. The van der Waals surface area contributed by atoms with Crippen LogP contribution in [-0.4, -0.2) is 23.0 Å². The van der Waals surface area contributed by atoms with Crippen LogP contribution in [-0.2, 0) is 5.54 Å². The topological polar surface area (TPSA) is 102 Å². The number of hydrogen-bond donors (Lipinski definition) is 3. The molecule has 1 aliphatic rings. The van der Waals surface area contributed by atoms with Gasteiger partial charge < -0.3 is 10.1 Å². The van der Waals surface area contributed by atoms with E-state index in [0.717, 1.165) is 18.6 Å². The summed E-state index contributed by atoms with van der Waals surface area (Å²) in [5, 5.41) is 3.34. The molecule has 0 spiro atoms. The van der Waals surface area contributed by atoms with Crippen LogP contribution in [0.15, 0.2) is 36.7 Å². The number of ether oxygens (including phenoxy) is 1. The number of hydrazine groups is 1. The van der Waals surface area contributed by atoms with Crippen molar-refractivity contribution in [1.82, 2.24) is 15.4 Å². The number of nitrogen functional groups attached to an aromatic ring is 1. The van der Waals surface area contributed by atoms with Crippen LogP contribution in [0.25, 0.3) is 0 Å². The van der Waals surface area contributed by atoms with Crippen molar-refractivity contribution >= 4 is 11.9 Å². The molecular weight excluding hydrogens is 282 g/mol. The number of amides is 1. The Morgan fingerprint density at radius 1 is 1.23 bits per heavy atom. The van der Waals surface area contributed by atoms with Crippen molar-refractivity contribution in [3.63, 3.8) is 0 Å². The fourth-order valence-electron chi connectivity index (χ4n) is 2.33. The van der Waals surface area contributed by atoms with E-state index in [1.807, 2.05) is 29.7 Å². The van der Waals surface area contributed by atoms with Crippen molar-refractivity contribution in [1.29, 1.82) is 0 Å². The van der Waals surface area contributed by atoms with Gasteiger partial charge in [-0.15, -0.1) is 0 Å². The largest absolute Gasteiger partial charge is 0.497 e. The average molecular weight is 299 g/mol. The Morgan fingerprint density at radius 3 is 2.36 bits per heavy atom. The second-order valence-electron chi connectivity index (χ2n) is 5.20. The maximum atomic E-state index is 11.4. The van der Waals surface area contributed by atoms with E-state index >= 15 is 0 Å². The lowest BCUT2D eigenvalue weighted by molar-refractivity contribution is 0.0953.